The van der Waals surface area contributed by atoms with Crippen LogP contribution in [-0.4, -0.2) is 61.6 Å². The second-order valence-corrected chi connectivity index (χ2v) is 8.92. The molecule has 2 aromatic rings. The third kappa shape index (κ3) is 4.88. The van der Waals surface area contributed by atoms with Gasteiger partial charge >= 0.3 is 0 Å². The highest BCUT2D eigenvalue weighted by molar-refractivity contribution is 5.84. The molecular weight excluding hydrogens is 423 g/mol. The fourth-order valence-corrected chi connectivity index (χ4v) is 5.11. The van der Waals surface area contributed by atoms with E-state index in [-0.39, 0.29) is 23.7 Å². The van der Waals surface area contributed by atoms with Crippen molar-refractivity contribution in [3.05, 3.63) is 65.5 Å². The Morgan fingerprint density at radius 2 is 1.79 bits per heavy atom. The van der Waals surface area contributed by atoms with Crippen LogP contribution in [0.15, 0.2) is 48.5 Å². The Morgan fingerprint density at radius 1 is 1.09 bits per heavy atom. The second-order valence-electron chi connectivity index (χ2n) is 8.92. The number of hydrogen-bond acceptors (Lipinski definition) is 4. The number of rotatable bonds is 5. The van der Waals surface area contributed by atoms with Gasteiger partial charge in [-0.15, -0.1) is 0 Å². The summed E-state index contributed by atoms with van der Waals surface area (Å²) >= 11 is 0. The fourth-order valence-electron chi connectivity index (χ4n) is 5.11. The largest absolute Gasteiger partial charge is 0.496 e. The van der Waals surface area contributed by atoms with Crippen molar-refractivity contribution in [1.29, 1.82) is 0 Å². The van der Waals surface area contributed by atoms with E-state index in [1.165, 1.54) is 12.1 Å². The van der Waals surface area contributed by atoms with Crippen LogP contribution < -0.4 is 4.74 Å². The number of carbonyl (C=O) groups is 2. The molecular formula is C26H31FN2O4. The number of ether oxygens (including phenoxy) is 2. The SMILES string of the molecule is COc1ccccc1[C@@H]1CN(C(=O)C2(Cc3ccc(F)cc3)CCOCC2)CCN1C(C)=O. The molecule has 2 heterocycles. The Hall–Kier alpha value is -2.93. The van der Waals surface area contributed by atoms with Gasteiger partial charge in [0.25, 0.3) is 0 Å². The van der Waals surface area contributed by atoms with E-state index in [1.807, 2.05) is 34.1 Å². The molecule has 2 amide bonds. The van der Waals surface area contributed by atoms with Gasteiger partial charge in [0.05, 0.1) is 18.6 Å². The van der Waals surface area contributed by atoms with Crippen LogP contribution in [0.4, 0.5) is 4.39 Å². The summed E-state index contributed by atoms with van der Waals surface area (Å²) in [6.07, 6.45) is 1.78. The standard InChI is InChI=1S/C26H31FN2O4/c1-19(30)29-14-13-28(18-23(29)22-5-3-4-6-24(22)32-2)25(31)26(11-15-33-16-12-26)17-20-7-9-21(27)10-8-20/h3-10,23H,11-18H2,1-2H3/t23-/m0/s1. The number of hydrogen-bond donors (Lipinski definition) is 0. The summed E-state index contributed by atoms with van der Waals surface area (Å²) in [5.41, 5.74) is 1.24. The molecule has 2 saturated heterocycles. The molecule has 0 unspecified atom stereocenters. The minimum absolute atomic E-state index is 0.0231. The minimum atomic E-state index is -0.597. The Balaban J connectivity index is 1.62. The highest BCUT2D eigenvalue weighted by atomic mass is 19.1. The Bertz CT molecular complexity index is 988. The maximum atomic E-state index is 14.0. The number of benzene rings is 2. The molecule has 0 aliphatic carbocycles. The summed E-state index contributed by atoms with van der Waals surface area (Å²) < 4.78 is 24.6. The summed E-state index contributed by atoms with van der Waals surface area (Å²) in [6.45, 7) is 3.97. The molecule has 0 aromatic heterocycles. The van der Waals surface area contributed by atoms with E-state index in [0.29, 0.717) is 57.9 Å². The van der Waals surface area contributed by atoms with Gasteiger partial charge in [0, 0.05) is 45.3 Å². The first-order valence-corrected chi connectivity index (χ1v) is 11.5. The lowest BCUT2D eigenvalue weighted by molar-refractivity contribution is -0.154. The molecule has 2 aliphatic heterocycles. The molecule has 0 radical (unpaired) electrons. The van der Waals surface area contributed by atoms with Gasteiger partial charge in [-0.2, -0.15) is 0 Å². The third-order valence-electron chi connectivity index (χ3n) is 6.93. The molecule has 0 spiro atoms. The highest BCUT2D eigenvalue weighted by Crippen LogP contribution is 2.39. The van der Waals surface area contributed by atoms with Crippen LogP contribution in [0.3, 0.4) is 0 Å². The lowest BCUT2D eigenvalue weighted by Crippen LogP contribution is -2.56. The van der Waals surface area contributed by atoms with Crippen molar-refractivity contribution in [2.75, 3.05) is 40.0 Å². The topological polar surface area (TPSA) is 59.1 Å². The normalized spacial score (nSPS) is 20.4. The van der Waals surface area contributed by atoms with Gasteiger partial charge in [0.15, 0.2) is 0 Å². The van der Waals surface area contributed by atoms with Crippen molar-refractivity contribution in [2.45, 2.75) is 32.2 Å². The molecule has 1 atom stereocenters. The lowest BCUT2D eigenvalue weighted by Gasteiger charge is -2.46. The molecule has 2 aromatic carbocycles. The first-order valence-electron chi connectivity index (χ1n) is 11.5. The Labute approximate surface area is 194 Å². The zero-order chi connectivity index (χ0) is 23.4. The number of methoxy groups -OCH3 is 1. The quantitative estimate of drug-likeness (QED) is 0.693. The monoisotopic (exact) mass is 454 g/mol. The molecule has 176 valence electrons. The molecule has 33 heavy (non-hydrogen) atoms. The molecule has 4 rings (SSSR count). The van der Waals surface area contributed by atoms with Crippen LogP contribution in [0.25, 0.3) is 0 Å². The van der Waals surface area contributed by atoms with Crippen molar-refractivity contribution >= 4 is 11.8 Å². The zero-order valence-electron chi connectivity index (χ0n) is 19.3. The van der Waals surface area contributed by atoms with Crippen molar-refractivity contribution in [1.82, 2.24) is 9.80 Å². The van der Waals surface area contributed by atoms with Crippen LogP contribution in [0, 0.1) is 11.2 Å². The van der Waals surface area contributed by atoms with Crippen LogP contribution in [0.5, 0.6) is 5.75 Å². The average Bonchev–Trinajstić information content (AvgIpc) is 2.85. The fraction of sp³-hybridized carbons (Fsp3) is 0.462. The molecule has 0 saturated carbocycles. The van der Waals surface area contributed by atoms with Crippen LogP contribution >= 0.6 is 0 Å². The first-order chi connectivity index (χ1) is 15.9. The molecule has 2 aliphatic rings. The molecule has 0 N–H and O–H groups in total. The van der Waals surface area contributed by atoms with Gasteiger partial charge in [-0.25, -0.2) is 4.39 Å². The maximum Gasteiger partial charge on any atom is 0.229 e. The predicted octanol–water partition coefficient (Wildman–Crippen LogP) is 3.61. The van der Waals surface area contributed by atoms with E-state index in [2.05, 4.69) is 0 Å². The molecule has 6 nitrogen and oxygen atoms in total. The Morgan fingerprint density at radius 3 is 2.45 bits per heavy atom. The zero-order valence-corrected chi connectivity index (χ0v) is 19.3. The van der Waals surface area contributed by atoms with Gasteiger partial charge in [-0.05, 0) is 43.0 Å². The Kier molecular flexibility index (Phi) is 6.98. The average molecular weight is 455 g/mol. The van der Waals surface area contributed by atoms with Gasteiger partial charge in [-0.3, -0.25) is 9.59 Å². The van der Waals surface area contributed by atoms with Crippen molar-refractivity contribution in [3.63, 3.8) is 0 Å². The summed E-state index contributed by atoms with van der Waals surface area (Å²) in [6, 6.07) is 13.8. The van der Waals surface area contributed by atoms with Crippen LogP contribution in [0.2, 0.25) is 0 Å². The summed E-state index contributed by atoms with van der Waals surface area (Å²) in [5, 5.41) is 0. The van der Waals surface area contributed by atoms with E-state index in [9.17, 15) is 14.0 Å². The van der Waals surface area contributed by atoms with E-state index in [0.717, 1.165) is 11.1 Å². The predicted molar refractivity (Wildman–Crippen MR) is 122 cm³/mol. The third-order valence-corrected chi connectivity index (χ3v) is 6.93. The maximum absolute atomic E-state index is 14.0. The summed E-state index contributed by atoms with van der Waals surface area (Å²) in [7, 11) is 1.61. The van der Waals surface area contributed by atoms with Crippen LogP contribution in [0.1, 0.15) is 36.9 Å². The van der Waals surface area contributed by atoms with E-state index >= 15 is 0 Å². The molecule has 0 bridgehead atoms. The number of amides is 2. The van der Waals surface area contributed by atoms with Crippen molar-refractivity contribution < 1.29 is 23.5 Å². The van der Waals surface area contributed by atoms with Gasteiger partial charge in [-0.1, -0.05) is 30.3 Å². The molecule has 2 fully saturated rings. The van der Waals surface area contributed by atoms with Gasteiger partial charge in [0.2, 0.25) is 11.8 Å². The lowest BCUT2D eigenvalue weighted by atomic mass is 9.73. The van der Waals surface area contributed by atoms with Gasteiger partial charge in [0.1, 0.15) is 11.6 Å². The van der Waals surface area contributed by atoms with Gasteiger partial charge < -0.3 is 19.3 Å². The number of piperazine rings is 1. The molecule has 7 heteroatoms. The van der Waals surface area contributed by atoms with E-state index in [1.54, 1.807) is 26.2 Å². The number of halogens is 1. The number of carbonyl (C=O) groups excluding carboxylic acids is 2. The summed E-state index contributed by atoms with van der Waals surface area (Å²) in [4.78, 5) is 30.2. The second kappa shape index (κ2) is 9.91. The van der Waals surface area contributed by atoms with E-state index in [4.69, 9.17) is 9.47 Å². The highest BCUT2D eigenvalue weighted by Gasteiger charge is 2.45. The smallest absolute Gasteiger partial charge is 0.229 e. The minimum Gasteiger partial charge on any atom is -0.496 e. The van der Waals surface area contributed by atoms with Crippen LogP contribution in [-0.2, 0) is 20.7 Å². The first kappa shape index (κ1) is 23.2. The van der Waals surface area contributed by atoms with Crippen molar-refractivity contribution in [2.24, 2.45) is 5.41 Å². The summed E-state index contributed by atoms with van der Waals surface area (Å²) in [5.74, 6) is 0.476. The number of nitrogens with zero attached hydrogens (tertiary/aromatic N) is 2. The van der Waals surface area contributed by atoms with E-state index < -0.39 is 5.41 Å². The number of para-hydroxylation sites is 1. The van der Waals surface area contributed by atoms with Crippen molar-refractivity contribution in [3.8, 4) is 5.75 Å².